The van der Waals surface area contributed by atoms with Gasteiger partial charge in [0.1, 0.15) is 35.2 Å². The van der Waals surface area contributed by atoms with E-state index in [0.29, 0.717) is 19.8 Å². The van der Waals surface area contributed by atoms with Gasteiger partial charge in [-0.15, -0.1) is 0 Å². The second kappa shape index (κ2) is 9.61. The van der Waals surface area contributed by atoms with Crippen molar-refractivity contribution in [3.05, 3.63) is 82.9 Å². The maximum atomic E-state index is 6.40. The van der Waals surface area contributed by atoms with Gasteiger partial charge in [0.15, 0.2) is 0 Å². The normalized spacial score (nSPS) is 18.1. The SMILES string of the molecule is CCCOc1ccc([C@@H]2COc3c(ccc4c3CCC(C)(C)O4)C2)c(OCc2ccccc2)c1. The molecule has 2 aliphatic heterocycles. The van der Waals surface area contributed by atoms with Crippen molar-refractivity contribution < 1.29 is 18.9 Å². The van der Waals surface area contributed by atoms with Crippen LogP contribution in [-0.4, -0.2) is 18.8 Å². The maximum absolute atomic E-state index is 6.40. The minimum Gasteiger partial charge on any atom is -0.493 e. The number of rotatable bonds is 7. The van der Waals surface area contributed by atoms with Gasteiger partial charge in [0.25, 0.3) is 0 Å². The van der Waals surface area contributed by atoms with Crippen LogP contribution in [0.15, 0.2) is 60.7 Å². The molecule has 34 heavy (non-hydrogen) atoms. The highest BCUT2D eigenvalue weighted by molar-refractivity contribution is 5.54. The van der Waals surface area contributed by atoms with Crippen molar-refractivity contribution in [1.29, 1.82) is 0 Å². The van der Waals surface area contributed by atoms with E-state index in [4.69, 9.17) is 18.9 Å². The molecule has 3 aromatic carbocycles. The zero-order valence-electron chi connectivity index (χ0n) is 20.4. The minimum absolute atomic E-state index is 0.120. The first-order chi connectivity index (χ1) is 16.5. The molecule has 4 nitrogen and oxygen atoms in total. The summed E-state index contributed by atoms with van der Waals surface area (Å²) in [7, 11) is 0. The Labute approximate surface area is 202 Å². The summed E-state index contributed by atoms with van der Waals surface area (Å²) in [5, 5.41) is 0. The average Bonchev–Trinajstić information content (AvgIpc) is 2.85. The summed E-state index contributed by atoms with van der Waals surface area (Å²) < 4.78 is 24.9. The molecular weight excluding hydrogens is 424 g/mol. The van der Waals surface area contributed by atoms with Crippen molar-refractivity contribution in [3.8, 4) is 23.0 Å². The van der Waals surface area contributed by atoms with Gasteiger partial charge < -0.3 is 18.9 Å². The number of hydrogen-bond acceptors (Lipinski definition) is 4. The van der Waals surface area contributed by atoms with E-state index in [9.17, 15) is 0 Å². The van der Waals surface area contributed by atoms with E-state index in [1.54, 1.807) is 0 Å². The molecule has 178 valence electrons. The smallest absolute Gasteiger partial charge is 0.129 e. The standard InChI is InChI=1S/C30H34O4/c1-4-16-31-24-11-12-25(28(18-24)32-19-21-8-6-5-7-9-21)23-17-22-10-13-27-26(29(22)33-20-23)14-15-30(2,3)34-27/h5-13,18,23H,4,14-17,19-20H2,1-3H3/t23-/m0/s1. The molecule has 0 N–H and O–H groups in total. The average molecular weight is 459 g/mol. The fourth-order valence-electron chi connectivity index (χ4n) is 4.84. The molecular formula is C30H34O4. The third kappa shape index (κ3) is 4.86. The third-order valence-electron chi connectivity index (χ3n) is 6.69. The Morgan fingerprint density at radius 1 is 1.00 bits per heavy atom. The van der Waals surface area contributed by atoms with Crippen LogP contribution in [-0.2, 0) is 19.4 Å². The van der Waals surface area contributed by atoms with Crippen molar-refractivity contribution in [2.75, 3.05) is 13.2 Å². The van der Waals surface area contributed by atoms with Gasteiger partial charge in [0.2, 0.25) is 0 Å². The summed E-state index contributed by atoms with van der Waals surface area (Å²) >= 11 is 0. The van der Waals surface area contributed by atoms with Crippen LogP contribution in [0, 0.1) is 0 Å². The molecule has 0 unspecified atom stereocenters. The van der Waals surface area contributed by atoms with Crippen LogP contribution in [0.3, 0.4) is 0 Å². The van der Waals surface area contributed by atoms with E-state index < -0.39 is 0 Å². The van der Waals surface area contributed by atoms with Crippen molar-refractivity contribution in [2.45, 2.75) is 64.6 Å². The van der Waals surface area contributed by atoms with E-state index >= 15 is 0 Å². The van der Waals surface area contributed by atoms with Gasteiger partial charge in [0, 0.05) is 23.1 Å². The molecule has 0 spiro atoms. The number of fused-ring (bicyclic) bond motifs is 3. The van der Waals surface area contributed by atoms with Crippen molar-refractivity contribution >= 4 is 0 Å². The van der Waals surface area contributed by atoms with Crippen LogP contribution < -0.4 is 18.9 Å². The molecule has 0 aliphatic carbocycles. The van der Waals surface area contributed by atoms with Crippen molar-refractivity contribution in [1.82, 2.24) is 0 Å². The summed E-state index contributed by atoms with van der Waals surface area (Å²) in [6, 6.07) is 20.8. The van der Waals surface area contributed by atoms with Gasteiger partial charge in [-0.2, -0.15) is 0 Å². The molecule has 0 bridgehead atoms. The summed E-state index contributed by atoms with van der Waals surface area (Å²) in [5.41, 5.74) is 4.66. The Balaban J connectivity index is 1.40. The summed E-state index contributed by atoms with van der Waals surface area (Å²) in [6.45, 7) is 8.26. The molecule has 4 heteroatoms. The van der Waals surface area contributed by atoms with Crippen LogP contribution in [0.5, 0.6) is 23.0 Å². The molecule has 3 aromatic rings. The molecule has 0 radical (unpaired) electrons. The Kier molecular flexibility index (Phi) is 6.40. The predicted molar refractivity (Wildman–Crippen MR) is 134 cm³/mol. The van der Waals surface area contributed by atoms with Gasteiger partial charge in [-0.1, -0.05) is 49.4 Å². The fourth-order valence-corrected chi connectivity index (χ4v) is 4.84. The van der Waals surface area contributed by atoms with Crippen LogP contribution in [0.2, 0.25) is 0 Å². The quantitative estimate of drug-likeness (QED) is 0.387. The highest BCUT2D eigenvalue weighted by Gasteiger charge is 2.32. The lowest BCUT2D eigenvalue weighted by molar-refractivity contribution is 0.0826. The summed E-state index contributed by atoms with van der Waals surface area (Å²) in [4.78, 5) is 0. The third-order valence-corrected chi connectivity index (χ3v) is 6.69. The van der Waals surface area contributed by atoms with Crippen molar-refractivity contribution in [3.63, 3.8) is 0 Å². The first-order valence-corrected chi connectivity index (χ1v) is 12.4. The van der Waals surface area contributed by atoms with E-state index in [-0.39, 0.29) is 11.5 Å². The molecule has 2 aliphatic rings. The molecule has 0 fully saturated rings. The predicted octanol–water partition coefficient (Wildman–Crippen LogP) is 6.88. The van der Waals surface area contributed by atoms with E-state index in [2.05, 4.69) is 57.2 Å². The van der Waals surface area contributed by atoms with Crippen LogP contribution in [0.1, 0.15) is 61.8 Å². The fraction of sp³-hybridized carbons (Fsp3) is 0.400. The molecule has 0 saturated heterocycles. The van der Waals surface area contributed by atoms with Gasteiger partial charge in [-0.05, 0) is 62.8 Å². The zero-order valence-corrected chi connectivity index (χ0v) is 20.4. The van der Waals surface area contributed by atoms with Gasteiger partial charge in [-0.25, -0.2) is 0 Å². The lowest BCUT2D eigenvalue weighted by Gasteiger charge is -2.36. The number of benzene rings is 3. The molecule has 1 atom stereocenters. The number of ether oxygens (including phenoxy) is 4. The van der Waals surface area contributed by atoms with E-state index in [1.165, 1.54) is 16.7 Å². The monoisotopic (exact) mass is 458 g/mol. The maximum Gasteiger partial charge on any atom is 0.129 e. The van der Waals surface area contributed by atoms with E-state index in [1.807, 2.05) is 24.3 Å². The first kappa shape index (κ1) is 22.6. The lowest BCUT2D eigenvalue weighted by atomic mass is 9.86. The Morgan fingerprint density at radius 3 is 2.68 bits per heavy atom. The molecule has 2 heterocycles. The Morgan fingerprint density at radius 2 is 1.85 bits per heavy atom. The topological polar surface area (TPSA) is 36.9 Å². The van der Waals surface area contributed by atoms with Gasteiger partial charge >= 0.3 is 0 Å². The lowest BCUT2D eigenvalue weighted by Crippen LogP contribution is -2.33. The second-order valence-electron chi connectivity index (χ2n) is 9.93. The number of hydrogen-bond donors (Lipinski definition) is 0. The van der Waals surface area contributed by atoms with E-state index in [0.717, 1.165) is 54.2 Å². The second-order valence-corrected chi connectivity index (χ2v) is 9.93. The molecule has 0 amide bonds. The molecule has 5 rings (SSSR count). The van der Waals surface area contributed by atoms with Crippen LogP contribution in [0.4, 0.5) is 0 Å². The highest BCUT2D eigenvalue weighted by Crippen LogP contribution is 2.45. The zero-order chi connectivity index (χ0) is 23.5. The van der Waals surface area contributed by atoms with Gasteiger partial charge in [-0.3, -0.25) is 0 Å². The highest BCUT2D eigenvalue weighted by atomic mass is 16.5. The Hall–Kier alpha value is -3.14. The van der Waals surface area contributed by atoms with Crippen LogP contribution in [0.25, 0.3) is 0 Å². The summed E-state index contributed by atoms with van der Waals surface area (Å²) in [6.07, 6.45) is 3.88. The van der Waals surface area contributed by atoms with Crippen LogP contribution >= 0.6 is 0 Å². The molecule has 0 saturated carbocycles. The Bertz CT molecular complexity index is 1140. The largest absolute Gasteiger partial charge is 0.493 e. The minimum atomic E-state index is -0.120. The van der Waals surface area contributed by atoms with Gasteiger partial charge in [0.05, 0.1) is 13.2 Å². The molecule has 0 aromatic heterocycles. The first-order valence-electron chi connectivity index (χ1n) is 12.4. The van der Waals surface area contributed by atoms with Crippen molar-refractivity contribution in [2.24, 2.45) is 0 Å². The summed E-state index contributed by atoms with van der Waals surface area (Å²) in [5.74, 6) is 3.94.